The Hall–Kier alpha value is -1.73. The Balaban J connectivity index is 2.45. The van der Waals surface area contributed by atoms with Crippen LogP contribution in [0.5, 0.6) is 5.75 Å². The van der Waals surface area contributed by atoms with Crippen molar-refractivity contribution in [3.63, 3.8) is 0 Å². The van der Waals surface area contributed by atoms with Gasteiger partial charge in [-0.05, 0) is 44.2 Å². The molecule has 0 bridgehead atoms. The minimum absolute atomic E-state index is 0.0217. The summed E-state index contributed by atoms with van der Waals surface area (Å²) in [5, 5.41) is 9.40. The monoisotopic (exact) mass is 377 g/mol. The highest BCUT2D eigenvalue weighted by molar-refractivity contribution is 6.31. The van der Waals surface area contributed by atoms with E-state index < -0.39 is 23.8 Å². The van der Waals surface area contributed by atoms with Crippen molar-refractivity contribution in [2.45, 2.75) is 45.6 Å². The van der Waals surface area contributed by atoms with Crippen LogP contribution in [0, 0.1) is 0 Å². The van der Waals surface area contributed by atoms with Crippen LogP contribution in [0.2, 0.25) is 5.02 Å². The topological polar surface area (TPSA) is 49.8 Å². The molecule has 1 aromatic rings. The first-order valence-corrected chi connectivity index (χ1v) is 8.17. The van der Waals surface area contributed by atoms with E-state index in [0.29, 0.717) is 17.1 Å². The van der Waals surface area contributed by atoms with Crippen LogP contribution in [-0.4, -0.2) is 40.8 Å². The SMILES string of the molecule is CCN(Cc1cc2c(cc1Cl)C=C(C(=O)O)C(C(F)(F)F)O2)C(C)C. The van der Waals surface area contributed by atoms with Gasteiger partial charge in [0.25, 0.3) is 0 Å². The summed E-state index contributed by atoms with van der Waals surface area (Å²) in [5.74, 6) is -1.70. The van der Waals surface area contributed by atoms with Crippen molar-refractivity contribution in [3.8, 4) is 5.75 Å². The Labute approximate surface area is 148 Å². The van der Waals surface area contributed by atoms with Gasteiger partial charge < -0.3 is 9.84 Å². The normalized spacial score (nSPS) is 17.3. The average Bonchev–Trinajstić information content (AvgIpc) is 2.50. The second-order valence-electron chi connectivity index (χ2n) is 6.08. The lowest BCUT2D eigenvalue weighted by molar-refractivity contribution is -0.187. The van der Waals surface area contributed by atoms with Crippen LogP contribution in [0.4, 0.5) is 13.2 Å². The van der Waals surface area contributed by atoms with Crippen molar-refractivity contribution in [2.75, 3.05) is 6.54 Å². The number of carboxylic acid groups (broad SMARTS) is 1. The largest absolute Gasteiger partial charge is 0.478 e. The number of hydrogen-bond donors (Lipinski definition) is 1. The zero-order valence-electron chi connectivity index (χ0n) is 14.0. The van der Waals surface area contributed by atoms with Crippen molar-refractivity contribution < 1.29 is 27.8 Å². The third-order valence-corrected chi connectivity index (χ3v) is 4.42. The van der Waals surface area contributed by atoms with E-state index in [1.165, 1.54) is 12.1 Å². The fraction of sp³-hybridized carbons (Fsp3) is 0.471. The first kappa shape index (κ1) is 19.6. The quantitative estimate of drug-likeness (QED) is 0.828. The summed E-state index contributed by atoms with van der Waals surface area (Å²) in [4.78, 5) is 13.2. The summed E-state index contributed by atoms with van der Waals surface area (Å²) in [6.45, 7) is 7.20. The minimum atomic E-state index is -4.82. The summed E-state index contributed by atoms with van der Waals surface area (Å²) >= 11 is 6.24. The van der Waals surface area contributed by atoms with Crippen LogP contribution in [0.3, 0.4) is 0 Å². The molecule has 0 saturated carbocycles. The van der Waals surface area contributed by atoms with E-state index in [0.717, 1.165) is 12.6 Å². The number of hydrogen-bond acceptors (Lipinski definition) is 3. The molecular weight excluding hydrogens is 359 g/mol. The van der Waals surface area contributed by atoms with Gasteiger partial charge >= 0.3 is 12.1 Å². The molecule has 1 aliphatic rings. The summed E-state index contributed by atoms with van der Waals surface area (Å²) < 4.78 is 44.4. The van der Waals surface area contributed by atoms with E-state index in [1.807, 2.05) is 20.8 Å². The van der Waals surface area contributed by atoms with E-state index in [1.54, 1.807) is 0 Å². The van der Waals surface area contributed by atoms with E-state index >= 15 is 0 Å². The summed E-state index contributed by atoms with van der Waals surface area (Å²) in [5.41, 5.74) is -0.00973. The zero-order valence-corrected chi connectivity index (χ0v) is 14.8. The number of aliphatic carboxylic acids is 1. The average molecular weight is 378 g/mol. The number of alkyl halides is 3. The molecule has 1 heterocycles. The van der Waals surface area contributed by atoms with Crippen LogP contribution in [0.25, 0.3) is 6.08 Å². The highest BCUT2D eigenvalue weighted by Crippen LogP contribution is 2.39. The fourth-order valence-electron chi connectivity index (χ4n) is 2.68. The van der Waals surface area contributed by atoms with E-state index in [9.17, 15) is 18.0 Å². The molecule has 1 N–H and O–H groups in total. The third-order valence-electron chi connectivity index (χ3n) is 4.07. The Morgan fingerprint density at radius 2 is 2.04 bits per heavy atom. The van der Waals surface area contributed by atoms with Crippen molar-refractivity contribution in [1.29, 1.82) is 0 Å². The second-order valence-corrected chi connectivity index (χ2v) is 6.49. The molecule has 1 aromatic carbocycles. The Morgan fingerprint density at radius 1 is 1.40 bits per heavy atom. The summed E-state index contributed by atoms with van der Waals surface area (Å²) in [7, 11) is 0. The van der Waals surface area contributed by atoms with Gasteiger partial charge in [0.1, 0.15) is 5.75 Å². The molecule has 0 radical (unpaired) electrons. The molecule has 0 aromatic heterocycles. The smallest absolute Gasteiger partial charge is 0.430 e. The second kappa shape index (κ2) is 7.25. The number of carboxylic acids is 1. The molecule has 4 nitrogen and oxygen atoms in total. The molecule has 0 fully saturated rings. The molecule has 0 amide bonds. The van der Waals surface area contributed by atoms with Crippen molar-refractivity contribution >= 4 is 23.6 Å². The van der Waals surface area contributed by atoms with Gasteiger partial charge in [-0.15, -0.1) is 0 Å². The number of halogens is 4. The standard InChI is InChI=1S/C17H19ClF3NO3/c1-4-22(9(2)3)8-11-7-14-10(6-13(11)18)5-12(16(23)24)15(25-14)17(19,20)21/h5-7,9,15H,4,8H2,1-3H3,(H,23,24). The number of nitrogens with zero attached hydrogens (tertiary/aromatic N) is 1. The van der Waals surface area contributed by atoms with E-state index in [-0.39, 0.29) is 17.4 Å². The molecule has 1 atom stereocenters. The van der Waals surface area contributed by atoms with Crippen LogP contribution in [0.15, 0.2) is 17.7 Å². The molecule has 0 spiro atoms. The minimum Gasteiger partial charge on any atom is -0.478 e. The van der Waals surface area contributed by atoms with Gasteiger partial charge in [-0.3, -0.25) is 4.90 Å². The molecule has 138 valence electrons. The van der Waals surface area contributed by atoms with Crippen molar-refractivity contribution in [2.24, 2.45) is 0 Å². The molecule has 8 heteroatoms. The number of ether oxygens (including phenoxy) is 1. The van der Waals surface area contributed by atoms with Gasteiger partial charge in [0, 0.05) is 23.2 Å². The maximum absolute atomic E-state index is 13.1. The predicted molar refractivity (Wildman–Crippen MR) is 88.8 cm³/mol. The number of fused-ring (bicyclic) bond motifs is 1. The Bertz CT molecular complexity index is 701. The lowest BCUT2D eigenvalue weighted by Gasteiger charge is -2.29. The van der Waals surface area contributed by atoms with Gasteiger partial charge in [0.2, 0.25) is 6.10 Å². The molecule has 0 saturated heterocycles. The summed E-state index contributed by atoms with van der Waals surface area (Å²) in [6.07, 6.45) is -6.36. The molecule has 2 rings (SSSR count). The molecule has 0 aliphatic carbocycles. The van der Waals surface area contributed by atoms with Crippen LogP contribution in [0.1, 0.15) is 31.9 Å². The molecule has 1 unspecified atom stereocenters. The van der Waals surface area contributed by atoms with Gasteiger partial charge in [-0.25, -0.2) is 4.79 Å². The van der Waals surface area contributed by atoms with Gasteiger partial charge in [-0.2, -0.15) is 13.2 Å². The van der Waals surface area contributed by atoms with Crippen LogP contribution >= 0.6 is 11.6 Å². The van der Waals surface area contributed by atoms with E-state index in [2.05, 4.69) is 4.90 Å². The van der Waals surface area contributed by atoms with Gasteiger partial charge in [-0.1, -0.05) is 18.5 Å². The highest BCUT2D eigenvalue weighted by atomic mass is 35.5. The van der Waals surface area contributed by atoms with Crippen molar-refractivity contribution in [1.82, 2.24) is 4.90 Å². The highest BCUT2D eigenvalue weighted by Gasteiger charge is 2.48. The number of benzene rings is 1. The number of rotatable bonds is 5. The van der Waals surface area contributed by atoms with Gasteiger partial charge in [0.05, 0.1) is 5.57 Å². The molecule has 25 heavy (non-hydrogen) atoms. The predicted octanol–water partition coefficient (Wildman–Crippen LogP) is 4.36. The zero-order chi connectivity index (χ0) is 18.9. The van der Waals surface area contributed by atoms with Crippen molar-refractivity contribution in [3.05, 3.63) is 33.9 Å². The Kier molecular flexibility index (Phi) is 5.68. The lowest BCUT2D eigenvalue weighted by Crippen LogP contribution is -2.40. The third kappa shape index (κ3) is 4.27. The molecule has 1 aliphatic heterocycles. The fourth-order valence-corrected chi connectivity index (χ4v) is 2.91. The Morgan fingerprint density at radius 3 is 2.52 bits per heavy atom. The number of carbonyl (C=O) groups is 1. The first-order chi connectivity index (χ1) is 11.5. The maximum atomic E-state index is 13.1. The first-order valence-electron chi connectivity index (χ1n) is 7.79. The molecular formula is C17H19ClF3NO3. The lowest BCUT2D eigenvalue weighted by atomic mass is 9.99. The van der Waals surface area contributed by atoms with E-state index in [4.69, 9.17) is 21.4 Å². The summed E-state index contributed by atoms with van der Waals surface area (Å²) in [6, 6.07) is 3.13. The van der Waals surface area contributed by atoms with Crippen LogP contribution < -0.4 is 4.74 Å². The van der Waals surface area contributed by atoms with Crippen LogP contribution in [-0.2, 0) is 11.3 Å². The van der Waals surface area contributed by atoms with Gasteiger partial charge in [0.15, 0.2) is 0 Å². The maximum Gasteiger partial charge on any atom is 0.430 e.